The molecule has 1 aromatic rings. The number of pyridine rings is 1. The first kappa shape index (κ1) is 8.53. The molecular formula is C10H12N2. The Kier molecular flexibility index (Phi) is 2.64. The zero-order valence-electron chi connectivity index (χ0n) is 7.12. The molecule has 0 aliphatic rings. The van der Waals surface area contributed by atoms with Crippen LogP contribution < -0.4 is 16.3 Å². The fourth-order valence-corrected chi connectivity index (χ4v) is 0.991. The summed E-state index contributed by atoms with van der Waals surface area (Å²) in [7, 11) is 0. The quantitative estimate of drug-likeness (QED) is 0.647. The molecule has 0 unspecified atom stereocenters. The average molecular weight is 160 g/mol. The number of anilines is 1. The number of allylic oxidation sites excluding steroid dienone is 1. The van der Waals surface area contributed by atoms with Crippen molar-refractivity contribution in [1.29, 1.82) is 0 Å². The molecule has 1 rings (SSSR count). The van der Waals surface area contributed by atoms with Gasteiger partial charge in [-0.15, -0.1) is 0 Å². The number of nitrogens with zero attached hydrogens (tertiary/aromatic N) is 1. The second-order valence-corrected chi connectivity index (χ2v) is 2.43. The predicted molar refractivity (Wildman–Crippen MR) is 52.7 cm³/mol. The molecule has 2 nitrogen and oxygen atoms in total. The molecule has 0 saturated carbocycles. The van der Waals surface area contributed by atoms with Crippen LogP contribution in [-0.2, 0) is 0 Å². The van der Waals surface area contributed by atoms with Crippen LogP contribution in [0.4, 0.5) is 5.69 Å². The van der Waals surface area contributed by atoms with E-state index in [1.54, 1.807) is 12.3 Å². The normalized spacial score (nSPS) is 13.4. The lowest BCUT2D eigenvalue weighted by molar-refractivity contribution is 1.22. The highest BCUT2D eigenvalue weighted by atomic mass is 14.7. The Bertz CT molecular complexity index is 391. The summed E-state index contributed by atoms with van der Waals surface area (Å²) < 4.78 is 0. The number of hydrogen-bond donors (Lipinski definition) is 1. The van der Waals surface area contributed by atoms with Gasteiger partial charge in [0.2, 0.25) is 0 Å². The molecule has 0 fully saturated rings. The fraction of sp³-hybridized carbons (Fsp3) is 0.100. The lowest BCUT2D eigenvalue weighted by Crippen LogP contribution is -2.27. The van der Waals surface area contributed by atoms with Crippen molar-refractivity contribution in [3.63, 3.8) is 0 Å². The molecule has 1 aromatic heterocycles. The number of rotatable bonds is 1. The van der Waals surface area contributed by atoms with Gasteiger partial charge in [0.1, 0.15) is 0 Å². The van der Waals surface area contributed by atoms with Crippen molar-refractivity contribution in [2.75, 3.05) is 5.73 Å². The lowest BCUT2D eigenvalue weighted by Gasteiger charge is -1.91. The third kappa shape index (κ3) is 1.72. The highest BCUT2D eigenvalue weighted by molar-refractivity contribution is 5.41. The minimum absolute atomic E-state index is 0.685. The summed E-state index contributed by atoms with van der Waals surface area (Å²) in [6.07, 6.45) is 7.18. The van der Waals surface area contributed by atoms with Gasteiger partial charge >= 0.3 is 0 Å². The third-order valence-corrected chi connectivity index (χ3v) is 1.56. The molecule has 2 N–H and O–H groups in total. The highest BCUT2D eigenvalue weighted by Crippen LogP contribution is 1.86. The molecule has 0 aliphatic carbocycles. The van der Waals surface area contributed by atoms with Crippen LogP contribution in [0.15, 0.2) is 24.9 Å². The first-order valence-electron chi connectivity index (χ1n) is 3.78. The second kappa shape index (κ2) is 3.72. The van der Waals surface area contributed by atoms with Crippen LogP contribution in [0.3, 0.4) is 0 Å². The number of nitrogen functional groups attached to an aromatic ring is 1. The first-order chi connectivity index (χ1) is 5.77. The molecule has 1 heterocycles. The Morgan fingerprint density at radius 3 is 2.92 bits per heavy atom. The van der Waals surface area contributed by atoms with Gasteiger partial charge in [0, 0.05) is 0 Å². The van der Waals surface area contributed by atoms with Crippen molar-refractivity contribution in [2.45, 2.75) is 6.92 Å². The minimum Gasteiger partial charge on any atom is -0.397 e. The molecule has 0 amide bonds. The maximum absolute atomic E-state index is 5.58. The minimum atomic E-state index is 0.685. The van der Waals surface area contributed by atoms with Gasteiger partial charge in [0.15, 0.2) is 0 Å². The average Bonchev–Trinajstić information content (AvgIpc) is 2.08. The second-order valence-electron chi connectivity index (χ2n) is 2.43. The Labute approximate surface area is 71.7 Å². The van der Waals surface area contributed by atoms with Crippen LogP contribution in [0.5, 0.6) is 0 Å². The smallest absolute Gasteiger partial charge is 0.0700 e. The summed E-state index contributed by atoms with van der Waals surface area (Å²) in [6.45, 7) is 5.57. The highest BCUT2D eigenvalue weighted by Gasteiger charge is 1.86. The van der Waals surface area contributed by atoms with Crippen molar-refractivity contribution >= 4 is 17.8 Å². The van der Waals surface area contributed by atoms with E-state index >= 15 is 0 Å². The monoisotopic (exact) mass is 160 g/mol. The summed E-state index contributed by atoms with van der Waals surface area (Å²) >= 11 is 0. The summed E-state index contributed by atoms with van der Waals surface area (Å²) in [6, 6.07) is 1.89. The molecule has 0 aliphatic heterocycles. The van der Waals surface area contributed by atoms with E-state index in [1.165, 1.54) is 0 Å². The van der Waals surface area contributed by atoms with E-state index in [1.807, 2.05) is 25.1 Å². The van der Waals surface area contributed by atoms with E-state index in [0.717, 1.165) is 10.6 Å². The van der Waals surface area contributed by atoms with Gasteiger partial charge < -0.3 is 5.73 Å². The van der Waals surface area contributed by atoms with Crippen molar-refractivity contribution in [3.8, 4) is 0 Å². The van der Waals surface area contributed by atoms with Crippen LogP contribution >= 0.6 is 0 Å². The van der Waals surface area contributed by atoms with E-state index in [0.29, 0.717) is 5.69 Å². The van der Waals surface area contributed by atoms with Gasteiger partial charge in [-0.25, -0.2) is 0 Å². The van der Waals surface area contributed by atoms with E-state index in [4.69, 9.17) is 5.73 Å². The Balaban J connectivity index is 3.52. The number of aromatic nitrogens is 1. The van der Waals surface area contributed by atoms with Crippen molar-refractivity contribution in [2.24, 2.45) is 0 Å². The zero-order chi connectivity index (χ0) is 8.97. The molecular weight excluding hydrogens is 148 g/mol. The van der Waals surface area contributed by atoms with Crippen molar-refractivity contribution < 1.29 is 0 Å². The molecule has 0 bridgehead atoms. The molecule has 0 radical (unpaired) electrons. The topological polar surface area (TPSA) is 38.9 Å². The summed E-state index contributed by atoms with van der Waals surface area (Å²) in [5.74, 6) is 0. The van der Waals surface area contributed by atoms with Crippen LogP contribution in [-0.4, -0.2) is 4.98 Å². The largest absolute Gasteiger partial charge is 0.397 e. The molecule has 0 atom stereocenters. The van der Waals surface area contributed by atoms with Gasteiger partial charge in [0.05, 0.1) is 17.2 Å². The van der Waals surface area contributed by atoms with Crippen LogP contribution in [0.2, 0.25) is 0 Å². The first-order valence-corrected chi connectivity index (χ1v) is 3.78. The van der Waals surface area contributed by atoms with Crippen molar-refractivity contribution in [3.05, 3.63) is 35.5 Å². The summed E-state index contributed by atoms with van der Waals surface area (Å²) in [5.41, 5.74) is 6.26. The molecule has 0 aromatic carbocycles. The molecule has 2 heteroatoms. The Morgan fingerprint density at radius 2 is 2.33 bits per heavy atom. The summed E-state index contributed by atoms with van der Waals surface area (Å²) in [5, 5.41) is 1.94. The van der Waals surface area contributed by atoms with Crippen LogP contribution in [0.25, 0.3) is 12.2 Å². The molecule has 12 heavy (non-hydrogen) atoms. The number of hydrogen-bond acceptors (Lipinski definition) is 2. The Morgan fingerprint density at radius 1 is 1.58 bits per heavy atom. The third-order valence-electron chi connectivity index (χ3n) is 1.56. The fourth-order valence-electron chi connectivity index (χ4n) is 0.991. The van der Waals surface area contributed by atoms with Gasteiger partial charge in [-0.3, -0.25) is 4.98 Å². The summed E-state index contributed by atoms with van der Waals surface area (Å²) in [4.78, 5) is 4.16. The van der Waals surface area contributed by atoms with Crippen molar-refractivity contribution in [1.82, 2.24) is 4.98 Å². The van der Waals surface area contributed by atoms with E-state index in [9.17, 15) is 0 Å². The van der Waals surface area contributed by atoms with Crippen LogP contribution in [0, 0.1) is 0 Å². The zero-order valence-corrected chi connectivity index (χ0v) is 7.12. The lowest BCUT2D eigenvalue weighted by atomic mass is 10.3. The van der Waals surface area contributed by atoms with E-state index in [-0.39, 0.29) is 0 Å². The molecule has 62 valence electrons. The molecule has 0 spiro atoms. The van der Waals surface area contributed by atoms with Gasteiger partial charge in [-0.2, -0.15) is 0 Å². The van der Waals surface area contributed by atoms with Gasteiger partial charge in [-0.05, 0) is 24.3 Å². The van der Waals surface area contributed by atoms with Gasteiger partial charge in [0.25, 0.3) is 0 Å². The van der Waals surface area contributed by atoms with Gasteiger partial charge in [-0.1, -0.05) is 18.7 Å². The Hall–Kier alpha value is -1.57. The SMILES string of the molecule is C=C/C=c1/ncc(N)c/c1=C/C. The van der Waals surface area contributed by atoms with Crippen LogP contribution in [0.1, 0.15) is 6.92 Å². The number of nitrogens with two attached hydrogens (primary N) is 1. The maximum Gasteiger partial charge on any atom is 0.0700 e. The maximum atomic E-state index is 5.58. The van der Waals surface area contributed by atoms with E-state index in [2.05, 4.69) is 11.6 Å². The predicted octanol–water partition coefficient (Wildman–Crippen LogP) is 0.431. The molecule has 0 saturated heterocycles. The standard InChI is InChI=1S/C10H12N2/c1-3-5-10-8(4-2)6-9(11)7-12-10/h3-7H,1,11H2,2H3/b8-4-,10-5+. The van der Waals surface area contributed by atoms with E-state index < -0.39 is 0 Å².